The molecule has 0 atom stereocenters. The summed E-state index contributed by atoms with van der Waals surface area (Å²) in [7, 11) is 3.48. The second-order valence-electron chi connectivity index (χ2n) is 7.17. The lowest BCUT2D eigenvalue weighted by atomic mass is 10.1. The van der Waals surface area contributed by atoms with E-state index >= 15 is 0 Å². The minimum absolute atomic E-state index is 0.459. The average Bonchev–Trinajstić information content (AvgIpc) is 2.81. The molecule has 6 nitrogen and oxygen atoms in total. The molecule has 3 aromatic rings. The third-order valence-corrected chi connectivity index (χ3v) is 4.84. The maximum atomic E-state index is 5.79. The summed E-state index contributed by atoms with van der Waals surface area (Å²) in [4.78, 5) is 8.57. The standard InChI is InChI=1S/C25H30N4O2/c1-19-7-12-24(30-3)21(16-19)13-15-28-25(26-2)29-17-20-8-10-23(11-9-20)31-18-22-6-4-5-14-27-22/h4-12,14,16H,13,15,17-18H2,1-3H3,(H2,26,28,29). The van der Waals surface area contributed by atoms with Gasteiger partial charge in [-0.2, -0.15) is 0 Å². The van der Waals surface area contributed by atoms with Crippen molar-refractivity contribution in [3.8, 4) is 11.5 Å². The van der Waals surface area contributed by atoms with Crippen LogP contribution < -0.4 is 20.1 Å². The van der Waals surface area contributed by atoms with E-state index in [1.165, 1.54) is 11.1 Å². The molecule has 0 unspecified atom stereocenters. The summed E-state index contributed by atoms with van der Waals surface area (Å²) < 4.78 is 11.2. The van der Waals surface area contributed by atoms with Crippen molar-refractivity contribution in [3.63, 3.8) is 0 Å². The van der Waals surface area contributed by atoms with Crippen molar-refractivity contribution in [2.45, 2.75) is 26.5 Å². The Labute approximate surface area is 184 Å². The van der Waals surface area contributed by atoms with E-state index in [-0.39, 0.29) is 0 Å². The average molecular weight is 419 g/mol. The van der Waals surface area contributed by atoms with Gasteiger partial charge in [-0.1, -0.05) is 35.9 Å². The molecule has 0 radical (unpaired) electrons. The van der Waals surface area contributed by atoms with E-state index in [0.717, 1.165) is 41.7 Å². The molecule has 0 saturated heterocycles. The number of guanidine groups is 1. The van der Waals surface area contributed by atoms with Crippen molar-refractivity contribution in [1.82, 2.24) is 15.6 Å². The Balaban J connectivity index is 1.43. The minimum atomic E-state index is 0.459. The van der Waals surface area contributed by atoms with Crippen LogP contribution in [0, 0.1) is 6.92 Å². The molecule has 0 saturated carbocycles. The lowest BCUT2D eigenvalue weighted by Crippen LogP contribution is -2.37. The van der Waals surface area contributed by atoms with E-state index in [1.807, 2.05) is 48.5 Å². The lowest BCUT2D eigenvalue weighted by Gasteiger charge is -2.14. The lowest BCUT2D eigenvalue weighted by molar-refractivity contribution is 0.301. The fourth-order valence-corrected chi connectivity index (χ4v) is 3.17. The molecule has 0 aliphatic carbocycles. The summed E-state index contributed by atoms with van der Waals surface area (Å²) in [6, 6.07) is 20.1. The maximum absolute atomic E-state index is 5.79. The molecule has 1 heterocycles. The van der Waals surface area contributed by atoms with Gasteiger partial charge in [-0.25, -0.2) is 0 Å². The van der Waals surface area contributed by atoms with Crippen LogP contribution in [0.15, 0.2) is 71.9 Å². The van der Waals surface area contributed by atoms with Crippen molar-refractivity contribution in [2.24, 2.45) is 4.99 Å². The Hall–Kier alpha value is -3.54. The number of hydrogen-bond donors (Lipinski definition) is 2. The predicted octanol–water partition coefficient (Wildman–Crippen LogP) is 3.89. The SMILES string of the molecule is CN=C(NCCc1cc(C)ccc1OC)NCc1ccc(OCc2ccccn2)cc1. The van der Waals surface area contributed by atoms with Gasteiger partial charge in [-0.3, -0.25) is 9.98 Å². The van der Waals surface area contributed by atoms with E-state index in [4.69, 9.17) is 9.47 Å². The predicted molar refractivity (Wildman–Crippen MR) is 125 cm³/mol. The Kier molecular flexibility index (Phi) is 8.29. The summed E-state index contributed by atoms with van der Waals surface area (Å²) in [5.41, 5.74) is 4.47. The number of nitrogens with zero attached hydrogens (tertiary/aromatic N) is 2. The molecule has 0 spiro atoms. The first-order valence-corrected chi connectivity index (χ1v) is 10.4. The van der Waals surface area contributed by atoms with Crippen molar-refractivity contribution < 1.29 is 9.47 Å². The van der Waals surface area contributed by atoms with Gasteiger partial charge in [0.05, 0.1) is 12.8 Å². The first-order chi connectivity index (χ1) is 15.2. The number of nitrogens with one attached hydrogen (secondary N) is 2. The van der Waals surface area contributed by atoms with Gasteiger partial charge in [0.15, 0.2) is 5.96 Å². The number of hydrogen-bond acceptors (Lipinski definition) is 4. The summed E-state index contributed by atoms with van der Waals surface area (Å²) >= 11 is 0. The van der Waals surface area contributed by atoms with Crippen LogP contribution in [0.3, 0.4) is 0 Å². The van der Waals surface area contributed by atoms with Crippen molar-refractivity contribution >= 4 is 5.96 Å². The van der Waals surface area contributed by atoms with Gasteiger partial charge >= 0.3 is 0 Å². The number of benzene rings is 2. The molecule has 31 heavy (non-hydrogen) atoms. The van der Waals surface area contributed by atoms with Crippen LogP contribution in [0.2, 0.25) is 0 Å². The smallest absolute Gasteiger partial charge is 0.191 e. The van der Waals surface area contributed by atoms with Crippen LogP contribution in [-0.4, -0.2) is 31.6 Å². The van der Waals surface area contributed by atoms with Crippen LogP contribution in [0.5, 0.6) is 11.5 Å². The monoisotopic (exact) mass is 418 g/mol. The molecule has 1 aromatic heterocycles. The minimum Gasteiger partial charge on any atom is -0.496 e. The molecule has 2 N–H and O–H groups in total. The number of methoxy groups -OCH3 is 1. The zero-order chi connectivity index (χ0) is 21.9. The van der Waals surface area contributed by atoms with E-state index in [0.29, 0.717) is 13.2 Å². The first kappa shape index (κ1) is 22.2. The normalized spacial score (nSPS) is 11.1. The van der Waals surface area contributed by atoms with Crippen LogP contribution >= 0.6 is 0 Å². The van der Waals surface area contributed by atoms with E-state index in [2.05, 4.69) is 39.7 Å². The highest BCUT2D eigenvalue weighted by Gasteiger charge is 2.05. The fourth-order valence-electron chi connectivity index (χ4n) is 3.17. The van der Waals surface area contributed by atoms with Crippen LogP contribution in [0.1, 0.15) is 22.4 Å². The summed E-state index contributed by atoms with van der Waals surface area (Å²) in [6.07, 6.45) is 2.62. The molecule has 6 heteroatoms. The number of pyridine rings is 1. The third kappa shape index (κ3) is 7.03. The van der Waals surface area contributed by atoms with Gasteiger partial charge in [0.2, 0.25) is 0 Å². The van der Waals surface area contributed by atoms with Crippen LogP contribution in [0.25, 0.3) is 0 Å². The van der Waals surface area contributed by atoms with E-state index < -0.39 is 0 Å². The number of ether oxygens (including phenoxy) is 2. The highest BCUT2D eigenvalue weighted by molar-refractivity contribution is 5.79. The number of aliphatic imine (C=N–C) groups is 1. The Morgan fingerprint density at radius 3 is 2.58 bits per heavy atom. The van der Waals surface area contributed by atoms with Gasteiger partial charge in [0.25, 0.3) is 0 Å². The third-order valence-electron chi connectivity index (χ3n) is 4.84. The molecule has 0 fully saturated rings. The topological polar surface area (TPSA) is 67.8 Å². The molecular weight excluding hydrogens is 388 g/mol. The van der Waals surface area contributed by atoms with Crippen LogP contribution in [0.4, 0.5) is 0 Å². The maximum Gasteiger partial charge on any atom is 0.191 e. The van der Waals surface area contributed by atoms with Crippen molar-refractivity contribution in [2.75, 3.05) is 20.7 Å². The van der Waals surface area contributed by atoms with Gasteiger partial charge in [-0.05, 0) is 54.8 Å². The van der Waals surface area contributed by atoms with Gasteiger partial charge in [0, 0.05) is 26.3 Å². The highest BCUT2D eigenvalue weighted by Crippen LogP contribution is 2.19. The van der Waals surface area contributed by atoms with Crippen LogP contribution in [-0.2, 0) is 19.6 Å². The van der Waals surface area contributed by atoms with Gasteiger partial charge in [-0.15, -0.1) is 0 Å². The van der Waals surface area contributed by atoms with E-state index in [1.54, 1.807) is 20.4 Å². The summed E-state index contributed by atoms with van der Waals surface area (Å²) in [5.74, 6) is 2.51. The zero-order valence-corrected chi connectivity index (χ0v) is 18.4. The Morgan fingerprint density at radius 2 is 1.87 bits per heavy atom. The molecule has 162 valence electrons. The van der Waals surface area contributed by atoms with Crippen molar-refractivity contribution in [1.29, 1.82) is 0 Å². The molecule has 2 aromatic carbocycles. The number of aryl methyl sites for hydroxylation is 1. The molecular formula is C25H30N4O2. The van der Waals surface area contributed by atoms with Crippen molar-refractivity contribution in [3.05, 3.63) is 89.2 Å². The fraction of sp³-hybridized carbons (Fsp3) is 0.280. The van der Waals surface area contributed by atoms with Gasteiger partial charge < -0.3 is 20.1 Å². The molecule has 0 bridgehead atoms. The summed E-state index contributed by atoms with van der Waals surface area (Å²) in [5, 5.41) is 6.71. The second kappa shape index (κ2) is 11.6. The number of aromatic nitrogens is 1. The molecule has 0 amide bonds. The summed E-state index contributed by atoms with van der Waals surface area (Å²) in [6.45, 7) is 3.99. The molecule has 0 aliphatic rings. The largest absolute Gasteiger partial charge is 0.496 e. The number of rotatable bonds is 9. The Morgan fingerprint density at radius 1 is 1.03 bits per heavy atom. The first-order valence-electron chi connectivity index (χ1n) is 10.4. The highest BCUT2D eigenvalue weighted by atomic mass is 16.5. The second-order valence-corrected chi connectivity index (χ2v) is 7.17. The van der Waals surface area contributed by atoms with Gasteiger partial charge in [0.1, 0.15) is 18.1 Å². The molecule has 3 rings (SSSR count). The Bertz CT molecular complexity index is 973. The quantitative estimate of drug-likeness (QED) is 0.408. The zero-order valence-electron chi connectivity index (χ0n) is 18.4. The molecule has 0 aliphatic heterocycles. The van der Waals surface area contributed by atoms with E-state index in [9.17, 15) is 0 Å².